The van der Waals surface area contributed by atoms with E-state index in [0.29, 0.717) is 22.4 Å². The fraction of sp³-hybridized carbons (Fsp3) is 0.625. The van der Waals surface area contributed by atoms with Gasteiger partial charge in [-0.1, -0.05) is 30.1 Å². The molecule has 2 rings (SSSR count). The predicted molar refractivity (Wildman–Crippen MR) is 91.1 cm³/mol. The number of hydrogen-bond donors (Lipinski definition) is 1. The van der Waals surface area contributed by atoms with Gasteiger partial charge in [0.15, 0.2) is 5.75 Å². The molecule has 4 nitrogen and oxygen atoms in total. The van der Waals surface area contributed by atoms with Crippen LogP contribution in [-0.4, -0.2) is 61.3 Å². The minimum Gasteiger partial charge on any atom is -0.490 e. The number of aliphatic hydroxyl groups excluding tert-OH is 1. The van der Waals surface area contributed by atoms with Gasteiger partial charge in [-0.25, -0.2) is 0 Å². The third kappa shape index (κ3) is 4.27. The van der Waals surface area contributed by atoms with Gasteiger partial charge in [-0.15, -0.1) is 0 Å². The highest BCUT2D eigenvalue weighted by atomic mass is 35.5. The van der Waals surface area contributed by atoms with Crippen molar-refractivity contribution in [2.75, 3.05) is 46.4 Å². The van der Waals surface area contributed by atoms with Gasteiger partial charge in [0.05, 0.1) is 29.3 Å². The van der Waals surface area contributed by atoms with E-state index in [0.717, 1.165) is 38.2 Å². The molecular formula is C16H24Cl2N2O2. The maximum absolute atomic E-state index is 9.82. The Morgan fingerprint density at radius 3 is 2.27 bits per heavy atom. The highest BCUT2D eigenvalue weighted by Gasteiger charge is 2.25. The van der Waals surface area contributed by atoms with E-state index in [9.17, 15) is 5.11 Å². The Bertz CT molecular complexity index is 468. The van der Waals surface area contributed by atoms with E-state index in [-0.39, 0.29) is 12.6 Å². The van der Waals surface area contributed by atoms with Crippen molar-refractivity contribution < 1.29 is 9.84 Å². The molecule has 0 saturated carbocycles. The normalized spacial score (nSPS) is 18.4. The Hall–Kier alpha value is -0.520. The second-order valence-corrected chi connectivity index (χ2v) is 6.51. The molecule has 0 aromatic heterocycles. The molecule has 1 unspecified atom stereocenters. The molecule has 1 N–H and O–H groups in total. The van der Waals surface area contributed by atoms with E-state index in [2.05, 4.69) is 16.8 Å². The number of hydrogen-bond acceptors (Lipinski definition) is 4. The summed E-state index contributed by atoms with van der Waals surface area (Å²) in [5.74, 6) is 0.531. The number of piperazine rings is 1. The number of rotatable bonds is 6. The average Bonchev–Trinajstić information content (AvgIpc) is 2.49. The van der Waals surface area contributed by atoms with Crippen LogP contribution in [0.2, 0.25) is 10.0 Å². The predicted octanol–water partition coefficient (Wildman–Crippen LogP) is 3.06. The molecule has 1 aliphatic rings. The third-order valence-electron chi connectivity index (χ3n) is 4.01. The van der Waals surface area contributed by atoms with Crippen molar-refractivity contribution in [2.24, 2.45) is 0 Å². The Morgan fingerprint density at radius 1 is 1.18 bits per heavy atom. The van der Waals surface area contributed by atoms with E-state index >= 15 is 0 Å². The monoisotopic (exact) mass is 346 g/mol. The average molecular weight is 347 g/mol. The topological polar surface area (TPSA) is 35.9 Å². The Labute approximate surface area is 142 Å². The summed E-state index contributed by atoms with van der Waals surface area (Å²) >= 11 is 12.6. The second kappa shape index (κ2) is 8.37. The minimum absolute atomic E-state index is 0.0472. The van der Waals surface area contributed by atoms with E-state index in [1.165, 1.54) is 0 Å². The molecule has 1 atom stereocenters. The van der Waals surface area contributed by atoms with Crippen LogP contribution in [0.25, 0.3) is 0 Å². The van der Waals surface area contributed by atoms with Gasteiger partial charge in [-0.05, 0) is 31.2 Å². The van der Waals surface area contributed by atoms with Crippen LogP contribution in [0.4, 0.5) is 0 Å². The van der Waals surface area contributed by atoms with Gasteiger partial charge in [0.2, 0.25) is 0 Å². The van der Waals surface area contributed by atoms with Crippen molar-refractivity contribution in [1.82, 2.24) is 9.80 Å². The fourth-order valence-electron chi connectivity index (χ4n) is 2.68. The molecule has 22 heavy (non-hydrogen) atoms. The van der Waals surface area contributed by atoms with Crippen molar-refractivity contribution in [1.29, 1.82) is 0 Å². The number of nitrogens with zero attached hydrogens (tertiary/aromatic N) is 2. The largest absolute Gasteiger partial charge is 0.490 e. The second-order valence-electron chi connectivity index (χ2n) is 5.70. The summed E-state index contributed by atoms with van der Waals surface area (Å²) in [5.41, 5.74) is 0.936. The molecule has 0 bridgehead atoms. The molecule has 1 saturated heterocycles. The Balaban J connectivity index is 2.19. The first-order valence-corrected chi connectivity index (χ1v) is 8.47. The van der Waals surface area contributed by atoms with Crippen LogP contribution < -0.4 is 4.74 Å². The van der Waals surface area contributed by atoms with Crippen molar-refractivity contribution >= 4 is 23.2 Å². The van der Waals surface area contributed by atoms with Crippen LogP contribution in [-0.2, 0) is 0 Å². The molecular weight excluding hydrogens is 323 g/mol. The first-order chi connectivity index (χ1) is 10.6. The van der Waals surface area contributed by atoms with Crippen molar-refractivity contribution in [3.63, 3.8) is 0 Å². The molecule has 0 spiro atoms. The van der Waals surface area contributed by atoms with Gasteiger partial charge in [0.25, 0.3) is 0 Å². The van der Waals surface area contributed by atoms with E-state index in [1.807, 2.05) is 19.1 Å². The summed E-state index contributed by atoms with van der Waals surface area (Å²) in [6, 6.07) is 3.64. The lowest BCUT2D eigenvalue weighted by Gasteiger charge is -2.37. The van der Waals surface area contributed by atoms with Crippen LogP contribution in [0.5, 0.6) is 5.75 Å². The molecule has 1 aromatic carbocycles. The molecule has 1 heterocycles. The van der Waals surface area contributed by atoms with E-state index in [1.54, 1.807) is 0 Å². The van der Waals surface area contributed by atoms with Crippen LogP contribution in [0.3, 0.4) is 0 Å². The number of aliphatic hydroxyl groups is 1. The third-order valence-corrected chi connectivity index (χ3v) is 4.57. The van der Waals surface area contributed by atoms with Gasteiger partial charge in [-0.2, -0.15) is 0 Å². The lowest BCUT2D eigenvalue weighted by molar-refractivity contribution is 0.0748. The maximum atomic E-state index is 9.82. The van der Waals surface area contributed by atoms with Gasteiger partial charge >= 0.3 is 0 Å². The molecule has 1 fully saturated rings. The zero-order chi connectivity index (χ0) is 16.1. The number of benzene rings is 1. The highest BCUT2D eigenvalue weighted by Crippen LogP contribution is 2.37. The molecule has 1 aromatic rings. The summed E-state index contributed by atoms with van der Waals surface area (Å²) in [5, 5.41) is 10.8. The Morgan fingerprint density at radius 2 is 1.77 bits per heavy atom. The summed E-state index contributed by atoms with van der Waals surface area (Å²) < 4.78 is 5.60. The SMILES string of the molecule is CCCOc1c(Cl)cc(C(CO)N2CCN(C)CC2)cc1Cl. The van der Waals surface area contributed by atoms with Gasteiger partial charge in [0, 0.05) is 26.2 Å². The smallest absolute Gasteiger partial charge is 0.156 e. The molecule has 0 aliphatic carbocycles. The highest BCUT2D eigenvalue weighted by molar-refractivity contribution is 6.37. The quantitative estimate of drug-likeness (QED) is 0.858. The first kappa shape index (κ1) is 17.8. The summed E-state index contributed by atoms with van der Waals surface area (Å²) in [4.78, 5) is 4.56. The van der Waals surface area contributed by atoms with Crippen LogP contribution >= 0.6 is 23.2 Å². The fourth-order valence-corrected chi connectivity index (χ4v) is 3.29. The van der Waals surface area contributed by atoms with Crippen molar-refractivity contribution in [3.05, 3.63) is 27.7 Å². The number of halogens is 2. The van der Waals surface area contributed by atoms with Gasteiger partial charge in [-0.3, -0.25) is 4.90 Å². The Kier molecular flexibility index (Phi) is 6.78. The lowest BCUT2D eigenvalue weighted by atomic mass is 10.0. The van der Waals surface area contributed by atoms with Gasteiger partial charge < -0.3 is 14.7 Å². The molecule has 124 valence electrons. The lowest BCUT2D eigenvalue weighted by Crippen LogP contribution is -2.46. The maximum Gasteiger partial charge on any atom is 0.156 e. The zero-order valence-electron chi connectivity index (χ0n) is 13.2. The molecule has 1 aliphatic heterocycles. The van der Waals surface area contributed by atoms with Crippen LogP contribution in [0, 0.1) is 0 Å². The van der Waals surface area contributed by atoms with Crippen molar-refractivity contribution in [2.45, 2.75) is 19.4 Å². The van der Waals surface area contributed by atoms with Crippen LogP contribution in [0.1, 0.15) is 24.9 Å². The van der Waals surface area contributed by atoms with E-state index < -0.39 is 0 Å². The zero-order valence-corrected chi connectivity index (χ0v) is 14.7. The van der Waals surface area contributed by atoms with Crippen molar-refractivity contribution in [3.8, 4) is 5.75 Å². The summed E-state index contributed by atoms with van der Waals surface area (Å²) in [6.07, 6.45) is 0.898. The molecule has 0 radical (unpaired) electrons. The minimum atomic E-state index is -0.0797. The van der Waals surface area contributed by atoms with E-state index in [4.69, 9.17) is 27.9 Å². The standard InChI is InChI=1S/C16H24Cl2N2O2/c1-3-8-22-16-13(17)9-12(10-14(16)18)15(11-21)20-6-4-19(2)5-7-20/h9-10,15,21H,3-8,11H2,1-2H3. The number of likely N-dealkylation sites (N-methyl/N-ethyl adjacent to an activating group) is 1. The molecule has 6 heteroatoms. The van der Waals surface area contributed by atoms with Gasteiger partial charge in [0.1, 0.15) is 0 Å². The number of ether oxygens (including phenoxy) is 1. The first-order valence-electron chi connectivity index (χ1n) is 7.72. The van der Waals surface area contributed by atoms with Crippen LogP contribution in [0.15, 0.2) is 12.1 Å². The molecule has 0 amide bonds. The summed E-state index contributed by atoms with van der Waals surface area (Å²) in [7, 11) is 2.11. The summed E-state index contributed by atoms with van der Waals surface area (Å²) in [6.45, 7) is 6.50.